The summed E-state index contributed by atoms with van der Waals surface area (Å²) in [5.74, 6) is 0.0169. The van der Waals surface area contributed by atoms with Gasteiger partial charge in [-0.1, -0.05) is 18.2 Å². The molecule has 0 N–H and O–H groups in total. The highest BCUT2D eigenvalue weighted by atomic mass is 16.2. The maximum atomic E-state index is 12.4. The summed E-state index contributed by atoms with van der Waals surface area (Å²) in [7, 11) is 3.65. The SMILES string of the molecule is CC(C(=O)N(C)CCC#N)N(C)Cc1cnn(-c2ccccc2)c1. The van der Waals surface area contributed by atoms with Crippen molar-refractivity contribution < 1.29 is 4.79 Å². The molecule has 0 saturated heterocycles. The number of carbonyl (C=O) groups excluding carboxylic acids is 1. The first kappa shape index (κ1) is 17.7. The Morgan fingerprint density at radius 2 is 2.04 bits per heavy atom. The first-order valence-corrected chi connectivity index (χ1v) is 7.94. The number of carbonyl (C=O) groups is 1. The van der Waals surface area contributed by atoms with Crippen LogP contribution in [0.1, 0.15) is 18.9 Å². The first-order valence-electron chi connectivity index (χ1n) is 7.94. The van der Waals surface area contributed by atoms with Crippen LogP contribution < -0.4 is 0 Å². The van der Waals surface area contributed by atoms with Gasteiger partial charge in [0.15, 0.2) is 0 Å². The highest BCUT2D eigenvalue weighted by Crippen LogP contribution is 2.11. The van der Waals surface area contributed by atoms with Crippen molar-refractivity contribution in [1.29, 1.82) is 5.26 Å². The average molecular weight is 325 g/mol. The molecule has 0 spiro atoms. The first-order chi connectivity index (χ1) is 11.5. The topological polar surface area (TPSA) is 65.2 Å². The van der Waals surface area contributed by atoms with Gasteiger partial charge in [-0.15, -0.1) is 0 Å². The van der Waals surface area contributed by atoms with Gasteiger partial charge in [-0.05, 0) is 26.1 Å². The largest absolute Gasteiger partial charge is 0.343 e. The Kier molecular flexibility index (Phi) is 6.10. The lowest BCUT2D eigenvalue weighted by molar-refractivity contribution is -0.134. The average Bonchev–Trinajstić information content (AvgIpc) is 3.07. The zero-order valence-corrected chi connectivity index (χ0v) is 14.4. The zero-order chi connectivity index (χ0) is 17.5. The van der Waals surface area contributed by atoms with Gasteiger partial charge in [0.1, 0.15) is 0 Å². The highest BCUT2D eigenvalue weighted by molar-refractivity contribution is 5.81. The van der Waals surface area contributed by atoms with E-state index in [1.807, 2.05) is 66.3 Å². The Morgan fingerprint density at radius 3 is 2.71 bits per heavy atom. The molecule has 1 aromatic heterocycles. The van der Waals surface area contributed by atoms with Crippen molar-refractivity contribution >= 4 is 5.91 Å². The van der Waals surface area contributed by atoms with Crippen molar-refractivity contribution in [1.82, 2.24) is 19.6 Å². The Hall–Kier alpha value is -2.65. The summed E-state index contributed by atoms with van der Waals surface area (Å²) >= 11 is 0. The number of rotatable bonds is 7. The summed E-state index contributed by atoms with van der Waals surface area (Å²) in [6, 6.07) is 11.7. The third-order valence-corrected chi connectivity index (χ3v) is 4.04. The molecule has 1 atom stereocenters. The van der Waals surface area contributed by atoms with E-state index in [-0.39, 0.29) is 11.9 Å². The van der Waals surface area contributed by atoms with Crippen LogP contribution in [0.2, 0.25) is 0 Å². The lowest BCUT2D eigenvalue weighted by Crippen LogP contribution is -2.44. The van der Waals surface area contributed by atoms with Crippen LogP contribution in [0.3, 0.4) is 0 Å². The fourth-order valence-corrected chi connectivity index (χ4v) is 2.42. The number of hydrogen-bond donors (Lipinski definition) is 0. The minimum atomic E-state index is -0.256. The molecular formula is C18H23N5O. The molecule has 1 aromatic carbocycles. The Bertz CT molecular complexity index is 704. The van der Waals surface area contributed by atoms with Gasteiger partial charge in [-0.25, -0.2) is 4.68 Å². The number of para-hydroxylation sites is 1. The van der Waals surface area contributed by atoms with Gasteiger partial charge < -0.3 is 4.90 Å². The second-order valence-corrected chi connectivity index (χ2v) is 5.89. The molecule has 0 aliphatic rings. The van der Waals surface area contributed by atoms with Crippen LogP contribution in [0.4, 0.5) is 0 Å². The molecule has 0 radical (unpaired) electrons. The van der Waals surface area contributed by atoms with E-state index >= 15 is 0 Å². The summed E-state index contributed by atoms with van der Waals surface area (Å²) in [6.07, 6.45) is 4.14. The van der Waals surface area contributed by atoms with Crippen molar-refractivity contribution in [3.8, 4) is 11.8 Å². The summed E-state index contributed by atoms with van der Waals surface area (Å²) in [5.41, 5.74) is 2.05. The van der Waals surface area contributed by atoms with Crippen molar-refractivity contribution in [3.63, 3.8) is 0 Å². The quantitative estimate of drug-likeness (QED) is 0.781. The van der Waals surface area contributed by atoms with E-state index < -0.39 is 0 Å². The number of amides is 1. The van der Waals surface area contributed by atoms with Gasteiger partial charge in [0, 0.05) is 31.9 Å². The van der Waals surface area contributed by atoms with Crippen LogP contribution in [0.5, 0.6) is 0 Å². The van der Waals surface area contributed by atoms with Crippen LogP contribution in [0.15, 0.2) is 42.7 Å². The minimum Gasteiger partial charge on any atom is -0.343 e. The smallest absolute Gasteiger partial charge is 0.239 e. The Balaban J connectivity index is 1.97. The van der Waals surface area contributed by atoms with E-state index in [9.17, 15) is 4.79 Å². The standard InChI is InChI=1S/C18H23N5O/c1-15(18(24)21(2)11-7-10-19)22(3)13-16-12-20-23(14-16)17-8-5-4-6-9-17/h4-6,8-9,12,14-15H,7,11,13H2,1-3H3. The molecule has 0 fully saturated rings. The highest BCUT2D eigenvalue weighted by Gasteiger charge is 2.21. The van der Waals surface area contributed by atoms with Gasteiger partial charge in [-0.2, -0.15) is 10.4 Å². The summed E-state index contributed by atoms with van der Waals surface area (Å²) in [6.45, 7) is 2.97. The van der Waals surface area contributed by atoms with Gasteiger partial charge in [0.2, 0.25) is 5.91 Å². The summed E-state index contributed by atoms with van der Waals surface area (Å²) in [4.78, 5) is 16.0. The summed E-state index contributed by atoms with van der Waals surface area (Å²) in [5, 5.41) is 13.0. The predicted molar refractivity (Wildman–Crippen MR) is 92.4 cm³/mol. The number of aromatic nitrogens is 2. The van der Waals surface area contributed by atoms with Crippen molar-refractivity contribution in [3.05, 3.63) is 48.3 Å². The molecule has 6 heteroatoms. The number of nitrogens with zero attached hydrogens (tertiary/aromatic N) is 5. The molecule has 6 nitrogen and oxygen atoms in total. The van der Waals surface area contributed by atoms with Gasteiger partial charge in [0.05, 0.1) is 30.4 Å². The molecule has 0 saturated carbocycles. The van der Waals surface area contributed by atoms with Crippen LogP contribution in [-0.4, -0.2) is 52.2 Å². The summed E-state index contributed by atoms with van der Waals surface area (Å²) < 4.78 is 1.83. The second kappa shape index (κ2) is 8.27. The number of nitriles is 1. The van der Waals surface area contributed by atoms with Crippen molar-refractivity contribution in [2.24, 2.45) is 0 Å². The van der Waals surface area contributed by atoms with Crippen molar-refractivity contribution in [2.45, 2.75) is 25.9 Å². The van der Waals surface area contributed by atoms with E-state index in [2.05, 4.69) is 11.2 Å². The third kappa shape index (κ3) is 4.43. The molecular weight excluding hydrogens is 302 g/mol. The molecule has 126 valence electrons. The fourth-order valence-electron chi connectivity index (χ4n) is 2.42. The lowest BCUT2D eigenvalue weighted by Gasteiger charge is -2.27. The molecule has 0 aliphatic heterocycles. The van der Waals surface area contributed by atoms with E-state index in [0.29, 0.717) is 19.5 Å². The molecule has 24 heavy (non-hydrogen) atoms. The molecule has 2 aromatic rings. The van der Waals surface area contributed by atoms with Crippen LogP contribution in [-0.2, 0) is 11.3 Å². The number of benzene rings is 1. The normalized spacial score (nSPS) is 12.0. The number of likely N-dealkylation sites (N-methyl/N-ethyl adjacent to an activating group) is 2. The Labute approximate surface area is 142 Å². The second-order valence-electron chi connectivity index (χ2n) is 5.89. The van der Waals surface area contributed by atoms with E-state index in [1.54, 1.807) is 11.9 Å². The molecule has 0 aliphatic carbocycles. The molecule has 2 rings (SSSR count). The predicted octanol–water partition coefficient (Wildman–Crippen LogP) is 2.06. The fraction of sp³-hybridized carbons (Fsp3) is 0.389. The maximum Gasteiger partial charge on any atom is 0.239 e. The molecule has 1 unspecified atom stereocenters. The zero-order valence-electron chi connectivity index (χ0n) is 14.4. The lowest BCUT2D eigenvalue weighted by atomic mass is 10.2. The van der Waals surface area contributed by atoms with E-state index in [4.69, 9.17) is 5.26 Å². The van der Waals surface area contributed by atoms with Crippen LogP contribution in [0.25, 0.3) is 5.69 Å². The van der Waals surface area contributed by atoms with E-state index in [0.717, 1.165) is 11.3 Å². The maximum absolute atomic E-state index is 12.4. The minimum absolute atomic E-state index is 0.0169. The van der Waals surface area contributed by atoms with E-state index in [1.165, 1.54) is 0 Å². The molecule has 1 heterocycles. The van der Waals surface area contributed by atoms with Gasteiger partial charge in [-0.3, -0.25) is 9.69 Å². The third-order valence-electron chi connectivity index (χ3n) is 4.04. The molecule has 1 amide bonds. The van der Waals surface area contributed by atoms with Crippen molar-refractivity contribution in [2.75, 3.05) is 20.6 Å². The Morgan fingerprint density at radius 1 is 1.33 bits per heavy atom. The number of hydrogen-bond acceptors (Lipinski definition) is 4. The monoisotopic (exact) mass is 325 g/mol. The molecule has 0 bridgehead atoms. The van der Waals surface area contributed by atoms with Gasteiger partial charge in [0.25, 0.3) is 0 Å². The van der Waals surface area contributed by atoms with Gasteiger partial charge >= 0.3 is 0 Å². The van der Waals surface area contributed by atoms with Crippen LogP contribution >= 0.6 is 0 Å². The van der Waals surface area contributed by atoms with Crippen LogP contribution in [0, 0.1) is 11.3 Å².